The Morgan fingerprint density at radius 2 is 2.00 bits per heavy atom. The fourth-order valence-electron chi connectivity index (χ4n) is 1.49. The number of ether oxygens (including phenoxy) is 2. The summed E-state index contributed by atoms with van der Waals surface area (Å²) in [6.07, 6.45) is -6.43. The average molecular weight is 263 g/mol. The molecule has 1 aromatic carbocycles. The molecule has 0 spiro atoms. The second-order valence-corrected chi connectivity index (χ2v) is 3.98. The predicted octanol–water partition coefficient (Wildman–Crippen LogP) is 2.49. The minimum absolute atomic E-state index is 0.164. The van der Waals surface area contributed by atoms with E-state index in [4.69, 9.17) is 15.2 Å². The topological polar surface area (TPSA) is 44.5 Å². The molecule has 2 unspecified atom stereocenters. The van der Waals surface area contributed by atoms with E-state index in [0.29, 0.717) is 11.3 Å². The summed E-state index contributed by atoms with van der Waals surface area (Å²) in [5, 5.41) is 0. The molecule has 0 aliphatic carbocycles. The van der Waals surface area contributed by atoms with Crippen molar-refractivity contribution in [3.8, 4) is 5.75 Å². The second-order valence-electron chi connectivity index (χ2n) is 3.98. The number of rotatable bonds is 5. The van der Waals surface area contributed by atoms with Gasteiger partial charge in [0.2, 0.25) is 0 Å². The molecule has 6 heteroatoms. The van der Waals surface area contributed by atoms with E-state index in [1.54, 1.807) is 24.3 Å². The SMILES string of the molecule is COc1cccc(COC(C(C)N)C(F)(F)F)c1. The molecule has 0 heterocycles. The van der Waals surface area contributed by atoms with Crippen molar-refractivity contribution in [2.45, 2.75) is 31.9 Å². The van der Waals surface area contributed by atoms with Gasteiger partial charge in [-0.2, -0.15) is 13.2 Å². The molecule has 0 amide bonds. The summed E-state index contributed by atoms with van der Waals surface area (Å²) in [5.74, 6) is 0.570. The lowest BCUT2D eigenvalue weighted by Gasteiger charge is -2.24. The number of alkyl halides is 3. The van der Waals surface area contributed by atoms with Gasteiger partial charge in [-0.15, -0.1) is 0 Å². The van der Waals surface area contributed by atoms with Crippen LogP contribution in [0.1, 0.15) is 12.5 Å². The molecule has 18 heavy (non-hydrogen) atoms. The molecule has 0 saturated carbocycles. The number of benzene rings is 1. The van der Waals surface area contributed by atoms with Crippen molar-refractivity contribution in [3.63, 3.8) is 0 Å². The van der Waals surface area contributed by atoms with Crippen LogP contribution in [0.2, 0.25) is 0 Å². The highest BCUT2D eigenvalue weighted by Crippen LogP contribution is 2.26. The van der Waals surface area contributed by atoms with Crippen molar-refractivity contribution >= 4 is 0 Å². The average Bonchev–Trinajstić information content (AvgIpc) is 2.27. The number of methoxy groups -OCH3 is 1. The molecule has 0 radical (unpaired) electrons. The second kappa shape index (κ2) is 6.06. The normalized spacial score (nSPS) is 15.2. The highest BCUT2D eigenvalue weighted by Gasteiger charge is 2.43. The maximum Gasteiger partial charge on any atom is 0.416 e. The fourth-order valence-corrected chi connectivity index (χ4v) is 1.49. The number of nitrogens with two attached hydrogens (primary N) is 1. The monoisotopic (exact) mass is 263 g/mol. The van der Waals surface area contributed by atoms with Crippen LogP contribution >= 0.6 is 0 Å². The van der Waals surface area contributed by atoms with E-state index in [1.165, 1.54) is 14.0 Å². The molecular formula is C12H16F3NO2. The Morgan fingerprint density at radius 1 is 1.33 bits per heavy atom. The highest BCUT2D eigenvalue weighted by molar-refractivity contribution is 5.27. The molecule has 2 atom stereocenters. The first-order valence-electron chi connectivity index (χ1n) is 5.41. The van der Waals surface area contributed by atoms with Gasteiger partial charge >= 0.3 is 6.18 Å². The van der Waals surface area contributed by atoms with Crippen LogP contribution in [0.3, 0.4) is 0 Å². The van der Waals surface area contributed by atoms with E-state index in [0.717, 1.165) is 0 Å². The maximum absolute atomic E-state index is 12.6. The van der Waals surface area contributed by atoms with Gasteiger partial charge in [-0.1, -0.05) is 12.1 Å². The van der Waals surface area contributed by atoms with Crippen LogP contribution in [0.25, 0.3) is 0 Å². The van der Waals surface area contributed by atoms with E-state index < -0.39 is 18.3 Å². The summed E-state index contributed by atoms with van der Waals surface area (Å²) in [5.41, 5.74) is 5.87. The van der Waals surface area contributed by atoms with Crippen molar-refractivity contribution < 1.29 is 22.6 Å². The van der Waals surface area contributed by atoms with Crippen LogP contribution in [0.15, 0.2) is 24.3 Å². The fraction of sp³-hybridized carbons (Fsp3) is 0.500. The van der Waals surface area contributed by atoms with Gasteiger partial charge < -0.3 is 15.2 Å². The summed E-state index contributed by atoms with van der Waals surface area (Å²) in [6.45, 7) is 1.10. The Bertz CT molecular complexity index is 380. The standard InChI is InChI=1S/C12H16F3NO2/c1-8(16)11(12(13,14)15)18-7-9-4-3-5-10(6-9)17-2/h3-6,8,11H,7,16H2,1-2H3. The molecule has 0 aliphatic rings. The maximum atomic E-state index is 12.6. The van der Waals surface area contributed by atoms with Crippen LogP contribution in [0.4, 0.5) is 13.2 Å². The quantitative estimate of drug-likeness (QED) is 0.887. The van der Waals surface area contributed by atoms with Crippen molar-refractivity contribution in [1.29, 1.82) is 0 Å². The van der Waals surface area contributed by atoms with Gasteiger partial charge in [-0.25, -0.2) is 0 Å². The molecule has 0 aliphatic heterocycles. The Balaban J connectivity index is 2.67. The third-order valence-electron chi connectivity index (χ3n) is 2.36. The van der Waals surface area contributed by atoms with E-state index >= 15 is 0 Å². The molecule has 1 rings (SSSR count). The first-order chi connectivity index (χ1) is 8.34. The summed E-state index contributed by atoms with van der Waals surface area (Å²) < 4.78 is 47.6. The van der Waals surface area contributed by atoms with Crippen molar-refractivity contribution in [2.75, 3.05) is 7.11 Å². The summed E-state index contributed by atoms with van der Waals surface area (Å²) in [6, 6.07) is 5.56. The zero-order chi connectivity index (χ0) is 13.8. The first kappa shape index (κ1) is 14.8. The third kappa shape index (κ3) is 4.19. The van der Waals surface area contributed by atoms with Gasteiger partial charge in [0.05, 0.1) is 13.7 Å². The van der Waals surface area contributed by atoms with Crippen LogP contribution in [-0.2, 0) is 11.3 Å². The minimum Gasteiger partial charge on any atom is -0.497 e. The highest BCUT2D eigenvalue weighted by atomic mass is 19.4. The lowest BCUT2D eigenvalue weighted by atomic mass is 10.2. The van der Waals surface area contributed by atoms with E-state index in [1.807, 2.05) is 0 Å². The van der Waals surface area contributed by atoms with E-state index in [-0.39, 0.29) is 6.61 Å². The molecule has 3 nitrogen and oxygen atoms in total. The number of hydrogen-bond acceptors (Lipinski definition) is 3. The number of halogens is 3. The van der Waals surface area contributed by atoms with E-state index in [2.05, 4.69) is 0 Å². The molecule has 2 N–H and O–H groups in total. The minimum atomic E-state index is -4.47. The van der Waals surface area contributed by atoms with Gasteiger partial charge in [-0.3, -0.25) is 0 Å². The first-order valence-corrected chi connectivity index (χ1v) is 5.41. The molecule has 0 bridgehead atoms. The smallest absolute Gasteiger partial charge is 0.416 e. The van der Waals surface area contributed by atoms with E-state index in [9.17, 15) is 13.2 Å². The van der Waals surface area contributed by atoms with Crippen LogP contribution in [0, 0.1) is 0 Å². The zero-order valence-electron chi connectivity index (χ0n) is 10.2. The van der Waals surface area contributed by atoms with Gasteiger partial charge in [0.15, 0.2) is 6.10 Å². The molecule has 0 aromatic heterocycles. The van der Waals surface area contributed by atoms with Gasteiger partial charge in [0, 0.05) is 6.04 Å². The molecule has 1 aromatic rings. The lowest BCUT2D eigenvalue weighted by Crippen LogP contribution is -2.45. The summed E-state index contributed by atoms with van der Waals surface area (Å²) >= 11 is 0. The van der Waals surface area contributed by atoms with Crippen molar-refractivity contribution in [2.24, 2.45) is 5.73 Å². The largest absolute Gasteiger partial charge is 0.497 e. The van der Waals surface area contributed by atoms with Gasteiger partial charge in [-0.05, 0) is 24.6 Å². The molecule has 0 fully saturated rings. The van der Waals surface area contributed by atoms with Crippen LogP contribution < -0.4 is 10.5 Å². The Kier molecular flexibility index (Phi) is 4.98. The summed E-state index contributed by atoms with van der Waals surface area (Å²) in [7, 11) is 1.49. The summed E-state index contributed by atoms with van der Waals surface area (Å²) in [4.78, 5) is 0. The zero-order valence-corrected chi connectivity index (χ0v) is 10.2. The Hall–Kier alpha value is -1.27. The van der Waals surface area contributed by atoms with Crippen molar-refractivity contribution in [1.82, 2.24) is 0 Å². The number of hydrogen-bond donors (Lipinski definition) is 1. The molecule has 0 saturated heterocycles. The van der Waals surface area contributed by atoms with Gasteiger partial charge in [0.1, 0.15) is 5.75 Å². The third-order valence-corrected chi connectivity index (χ3v) is 2.36. The Morgan fingerprint density at radius 3 is 2.50 bits per heavy atom. The predicted molar refractivity (Wildman–Crippen MR) is 61.3 cm³/mol. The lowest BCUT2D eigenvalue weighted by molar-refractivity contribution is -0.228. The molecule has 102 valence electrons. The van der Waals surface area contributed by atoms with Crippen molar-refractivity contribution in [3.05, 3.63) is 29.8 Å². The van der Waals surface area contributed by atoms with Gasteiger partial charge in [0.25, 0.3) is 0 Å². The molecular weight excluding hydrogens is 247 g/mol. The van der Waals surface area contributed by atoms with Crippen LogP contribution in [0.5, 0.6) is 5.75 Å². The van der Waals surface area contributed by atoms with Crippen LogP contribution in [-0.4, -0.2) is 25.4 Å². The Labute approximate surface area is 104 Å².